The van der Waals surface area contributed by atoms with Gasteiger partial charge in [0, 0.05) is 25.7 Å². The Balaban J connectivity index is 2.15. The molecule has 2 amide bonds. The lowest BCUT2D eigenvalue weighted by Crippen LogP contribution is -2.44. The third-order valence-electron chi connectivity index (χ3n) is 4.74. The van der Waals surface area contributed by atoms with Gasteiger partial charge in [-0.05, 0) is 45.7 Å². The van der Waals surface area contributed by atoms with Gasteiger partial charge in [-0.1, -0.05) is 25.0 Å². The molecule has 0 heterocycles. The molecule has 0 bridgehead atoms. The van der Waals surface area contributed by atoms with E-state index in [0.29, 0.717) is 12.6 Å². The zero-order valence-electron chi connectivity index (χ0n) is 15.3. The Kier molecular flexibility index (Phi) is 6.49. The maximum atomic E-state index is 12.7. The second-order valence-corrected chi connectivity index (χ2v) is 7.09. The Morgan fingerprint density at radius 2 is 1.88 bits per heavy atom. The van der Waals surface area contributed by atoms with Crippen molar-refractivity contribution in [1.29, 1.82) is 0 Å². The molecule has 1 aliphatic carbocycles. The number of rotatable bonds is 6. The maximum absolute atomic E-state index is 12.7. The molecule has 5 heteroatoms. The lowest BCUT2D eigenvalue weighted by Gasteiger charge is -2.31. The van der Waals surface area contributed by atoms with Crippen molar-refractivity contribution in [2.24, 2.45) is 0 Å². The van der Waals surface area contributed by atoms with Gasteiger partial charge in [0.2, 0.25) is 0 Å². The van der Waals surface area contributed by atoms with Gasteiger partial charge >= 0.3 is 6.03 Å². The molecule has 134 valence electrons. The van der Waals surface area contributed by atoms with Gasteiger partial charge in [0.05, 0.1) is 17.5 Å². The quantitative estimate of drug-likeness (QED) is 0.835. The summed E-state index contributed by atoms with van der Waals surface area (Å²) in [6.07, 6.45) is 4.42. The Morgan fingerprint density at radius 1 is 1.25 bits per heavy atom. The van der Waals surface area contributed by atoms with Gasteiger partial charge in [-0.3, -0.25) is 0 Å². The summed E-state index contributed by atoms with van der Waals surface area (Å²) in [5, 5.41) is 12.7. The van der Waals surface area contributed by atoms with Crippen LogP contribution in [-0.2, 0) is 0 Å². The predicted molar refractivity (Wildman–Crippen MR) is 99.6 cm³/mol. The molecule has 2 N–H and O–H groups in total. The number of urea groups is 1. The number of nitrogens with one attached hydrogen (secondary N) is 1. The third kappa shape index (κ3) is 4.63. The molecule has 0 saturated heterocycles. The number of para-hydroxylation sites is 2. The fourth-order valence-electron chi connectivity index (χ4n) is 3.38. The number of carbonyl (C=O) groups excluding carboxylic acids is 1. The molecule has 1 aromatic rings. The van der Waals surface area contributed by atoms with Crippen LogP contribution in [0.5, 0.6) is 0 Å². The number of aliphatic hydroxyl groups is 1. The van der Waals surface area contributed by atoms with Crippen LogP contribution in [-0.4, -0.2) is 47.8 Å². The van der Waals surface area contributed by atoms with E-state index in [9.17, 15) is 9.90 Å². The molecule has 2 rings (SSSR count). The number of hydrogen-bond acceptors (Lipinski definition) is 3. The maximum Gasteiger partial charge on any atom is 0.322 e. The normalized spacial score (nSPS) is 16.2. The van der Waals surface area contributed by atoms with E-state index in [0.717, 1.165) is 11.4 Å². The minimum Gasteiger partial charge on any atom is -0.392 e. The number of carbonyl (C=O) groups is 1. The first-order chi connectivity index (χ1) is 11.4. The summed E-state index contributed by atoms with van der Waals surface area (Å²) in [5.41, 5.74) is 1.88. The Morgan fingerprint density at radius 3 is 2.46 bits per heavy atom. The lowest BCUT2D eigenvalue weighted by atomic mass is 10.1. The van der Waals surface area contributed by atoms with Crippen molar-refractivity contribution in [3.05, 3.63) is 24.3 Å². The molecule has 1 aromatic carbocycles. The fraction of sp³-hybridized carbons (Fsp3) is 0.632. The average Bonchev–Trinajstić information content (AvgIpc) is 3.06. The smallest absolute Gasteiger partial charge is 0.322 e. The van der Waals surface area contributed by atoms with E-state index in [1.54, 1.807) is 11.8 Å². The van der Waals surface area contributed by atoms with Crippen molar-refractivity contribution in [2.75, 3.05) is 23.8 Å². The van der Waals surface area contributed by atoms with E-state index in [1.807, 2.05) is 32.0 Å². The van der Waals surface area contributed by atoms with Gasteiger partial charge in [0.25, 0.3) is 0 Å². The number of aliphatic hydroxyl groups excluding tert-OH is 1. The van der Waals surface area contributed by atoms with Crippen molar-refractivity contribution in [3.63, 3.8) is 0 Å². The molecular formula is C19H31N3O2. The van der Waals surface area contributed by atoms with E-state index in [-0.39, 0.29) is 12.1 Å². The highest BCUT2D eigenvalue weighted by molar-refractivity contribution is 5.93. The molecule has 1 atom stereocenters. The zero-order valence-corrected chi connectivity index (χ0v) is 15.3. The molecular weight excluding hydrogens is 302 g/mol. The van der Waals surface area contributed by atoms with E-state index in [2.05, 4.69) is 23.3 Å². The average molecular weight is 333 g/mol. The van der Waals surface area contributed by atoms with E-state index >= 15 is 0 Å². The Bertz CT molecular complexity index is 539. The molecule has 1 aliphatic rings. The van der Waals surface area contributed by atoms with Crippen LogP contribution in [0, 0.1) is 0 Å². The number of amides is 2. The molecule has 24 heavy (non-hydrogen) atoms. The topological polar surface area (TPSA) is 55.8 Å². The Labute approximate surface area is 145 Å². The third-order valence-corrected chi connectivity index (χ3v) is 4.74. The minimum atomic E-state index is -0.547. The first-order valence-corrected chi connectivity index (χ1v) is 8.97. The van der Waals surface area contributed by atoms with Crippen molar-refractivity contribution >= 4 is 17.4 Å². The minimum absolute atomic E-state index is 0.0272. The van der Waals surface area contributed by atoms with E-state index in [4.69, 9.17) is 0 Å². The molecule has 0 aliphatic heterocycles. The van der Waals surface area contributed by atoms with Crippen LogP contribution in [0.1, 0.15) is 46.5 Å². The molecule has 5 nitrogen and oxygen atoms in total. The number of hydrogen-bond donors (Lipinski definition) is 2. The summed E-state index contributed by atoms with van der Waals surface area (Å²) in [6.45, 7) is 5.94. The first-order valence-electron chi connectivity index (χ1n) is 8.97. The first kappa shape index (κ1) is 18.6. The number of nitrogens with zero attached hydrogens (tertiary/aromatic N) is 2. The predicted octanol–water partition coefficient (Wildman–Crippen LogP) is 3.69. The van der Waals surface area contributed by atoms with Gasteiger partial charge in [-0.15, -0.1) is 0 Å². The highest BCUT2D eigenvalue weighted by atomic mass is 16.3. The van der Waals surface area contributed by atoms with E-state index < -0.39 is 6.10 Å². The van der Waals surface area contributed by atoms with Crippen LogP contribution in [0.4, 0.5) is 16.2 Å². The van der Waals surface area contributed by atoms with Gasteiger partial charge < -0.3 is 20.2 Å². The SMILES string of the molecule is CC(O)CN(C(=O)Nc1ccccc1N(C)C1CCCC1)C(C)C. The van der Waals surface area contributed by atoms with Crippen LogP contribution in [0.3, 0.4) is 0 Å². The molecule has 0 radical (unpaired) electrons. The van der Waals surface area contributed by atoms with E-state index in [1.165, 1.54) is 25.7 Å². The van der Waals surface area contributed by atoms with Crippen molar-refractivity contribution in [2.45, 2.75) is 64.6 Å². The van der Waals surface area contributed by atoms with Gasteiger partial charge in [0.15, 0.2) is 0 Å². The fourth-order valence-corrected chi connectivity index (χ4v) is 3.38. The summed E-state index contributed by atoms with van der Waals surface area (Å²) in [7, 11) is 2.11. The van der Waals surface area contributed by atoms with Crippen LogP contribution in [0.15, 0.2) is 24.3 Å². The second-order valence-electron chi connectivity index (χ2n) is 7.09. The van der Waals surface area contributed by atoms with Gasteiger partial charge in [0.1, 0.15) is 0 Å². The van der Waals surface area contributed by atoms with Crippen LogP contribution in [0.2, 0.25) is 0 Å². The number of anilines is 2. The molecule has 0 spiro atoms. The summed E-state index contributed by atoms with van der Waals surface area (Å²) in [5.74, 6) is 0. The standard InChI is InChI=1S/C19H31N3O2/c1-14(2)22(13-15(3)23)19(24)20-17-11-7-8-12-18(17)21(4)16-9-5-6-10-16/h7-8,11-12,14-16,23H,5-6,9-10,13H2,1-4H3,(H,20,24). The van der Waals surface area contributed by atoms with Crippen molar-refractivity contribution in [3.8, 4) is 0 Å². The van der Waals surface area contributed by atoms with Gasteiger partial charge in [-0.25, -0.2) is 4.79 Å². The highest BCUT2D eigenvalue weighted by Gasteiger charge is 2.23. The summed E-state index contributed by atoms with van der Waals surface area (Å²) in [4.78, 5) is 16.6. The summed E-state index contributed by atoms with van der Waals surface area (Å²) < 4.78 is 0. The van der Waals surface area contributed by atoms with Gasteiger partial charge in [-0.2, -0.15) is 0 Å². The highest BCUT2D eigenvalue weighted by Crippen LogP contribution is 2.32. The summed E-state index contributed by atoms with van der Waals surface area (Å²) in [6, 6.07) is 8.35. The van der Waals surface area contributed by atoms with Crippen LogP contribution >= 0.6 is 0 Å². The zero-order chi connectivity index (χ0) is 17.7. The number of benzene rings is 1. The van der Waals surface area contributed by atoms with Crippen molar-refractivity contribution < 1.29 is 9.90 Å². The summed E-state index contributed by atoms with van der Waals surface area (Å²) >= 11 is 0. The Hall–Kier alpha value is -1.75. The lowest BCUT2D eigenvalue weighted by molar-refractivity contribution is 0.125. The molecule has 1 unspecified atom stereocenters. The van der Waals surface area contributed by atoms with Crippen LogP contribution in [0.25, 0.3) is 0 Å². The molecule has 1 saturated carbocycles. The van der Waals surface area contributed by atoms with Crippen molar-refractivity contribution in [1.82, 2.24) is 4.90 Å². The van der Waals surface area contributed by atoms with Crippen LogP contribution < -0.4 is 10.2 Å². The second kappa shape index (κ2) is 8.38. The monoisotopic (exact) mass is 333 g/mol. The molecule has 0 aromatic heterocycles. The molecule has 1 fully saturated rings. The largest absolute Gasteiger partial charge is 0.392 e.